The Balaban J connectivity index is 2.06. The average molecular weight is 240 g/mol. The van der Waals surface area contributed by atoms with Crippen molar-refractivity contribution in [2.75, 3.05) is 6.61 Å². The lowest BCUT2D eigenvalue weighted by molar-refractivity contribution is -0.133. The van der Waals surface area contributed by atoms with Crippen LogP contribution in [0.4, 0.5) is 0 Å². The molecule has 0 spiro atoms. The van der Waals surface area contributed by atoms with Crippen LogP contribution in [0.1, 0.15) is 46.0 Å². The molecular formula is C13H24N2O2. The SMILES string of the molecule is CCC1NC(C)C(=O)N1C1CCCC(CO)C1. The van der Waals surface area contributed by atoms with E-state index in [1.807, 2.05) is 11.8 Å². The van der Waals surface area contributed by atoms with E-state index >= 15 is 0 Å². The van der Waals surface area contributed by atoms with Crippen LogP contribution < -0.4 is 5.32 Å². The van der Waals surface area contributed by atoms with Crippen molar-refractivity contribution < 1.29 is 9.90 Å². The topological polar surface area (TPSA) is 52.6 Å². The summed E-state index contributed by atoms with van der Waals surface area (Å²) in [6.07, 6.45) is 5.44. The molecule has 1 heterocycles. The van der Waals surface area contributed by atoms with Gasteiger partial charge in [0.2, 0.25) is 5.91 Å². The molecule has 0 aromatic carbocycles. The molecule has 4 unspecified atom stereocenters. The van der Waals surface area contributed by atoms with Crippen molar-refractivity contribution in [2.45, 2.75) is 64.2 Å². The lowest BCUT2D eigenvalue weighted by Gasteiger charge is -2.37. The molecule has 0 aromatic heterocycles. The summed E-state index contributed by atoms with van der Waals surface area (Å²) in [5.41, 5.74) is 0. The van der Waals surface area contributed by atoms with Gasteiger partial charge in [-0.25, -0.2) is 0 Å². The molecule has 0 bridgehead atoms. The van der Waals surface area contributed by atoms with E-state index in [0.717, 1.165) is 32.1 Å². The number of hydrogen-bond acceptors (Lipinski definition) is 3. The van der Waals surface area contributed by atoms with E-state index in [-0.39, 0.29) is 24.7 Å². The fourth-order valence-electron chi connectivity index (χ4n) is 3.25. The minimum absolute atomic E-state index is 0.0468. The molecule has 2 rings (SSSR count). The number of carbonyl (C=O) groups excluding carboxylic acids is 1. The van der Waals surface area contributed by atoms with Crippen LogP contribution >= 0.6 is 0 Å². The Morgan fingerprint density at radius 1 is 1.47 bits per heavy atom. The maximum atomic E-state index is 12.2. The molecule has 2 N–H and O–H groups in total. The number of nitrogens with one attached hydrogen (secondary N) is 1. The van der Waals surface area contributed by atoms with Crippen LogP contribution in [0.5, 0.6) is 0 Å². The molecule has 4 atom stereocenters. The molecule has 4 heteroatoms. The third-order valence-electron chi connectivity index (χ3n) is 4.20. The van der Waals surface area contributed by atoms with Crippen LogP contribution in [0.3, 0.4) is 0 Å². The summed E-state index contributed by atoms with van der Waals surface area (Å²) in [6, 6.07) is 0.283. The Bertz CT molecular complexity index is 283. The van der Waals surface area contributed by atoms with Crippen LogP contribution in [0.2, 0.25) is 0 Å². The van der Waals surface area contributed by atoms with Gasteiger partial charge >= 0.3 is 0 Å². The summed E-state index contributed by atoms with van der Waals surface area (Å²) in [5.74, 6) is 0.621. The number of aliphatic hydroxyl groups excluding tert-OH is 1. The number of rotatable bonds is 3. The zero-order valence-corrected chi connectivity index (χ0v) is 10.9. The fourth-order valence-corrected chi connectivity index (χ4v) is 3.25. The lowest BCUT2D eigenvalue weighted by Crippen LogP contribution is -2.46. The van der Waals surface area contributed by atoms with Gasteiger partial charge in [0.15, 0.2) is 0 Å². The smallest absolute Gasteiger partial charge is 0.240 e. The van der Waals surface area contributed by atoms with Crippen molar-refractivity contribution in [1.29, 1.82) is 0 Å². The molecule has 2 aliphatic rings. The number of aliphatic hydroxyl groups is 1. The molecule has 17 heavy (non-hydrogen) atoms. The summed E-state index contributed by atoms with van der Waals surface area (Å²) in [7, 11) is 0. The highest BCUT2D eigenvalue weighted by Crippen LogP contribution is 2.31. The molecule has 1 aliphatic carbocycles. The van der Waals surface area contributed by atoms with Crippen LogP contribution in [0.25, 0.3) is 0 Å². The molecule has 1 saturated carbocycles. The standard InChI is InChI=1S/C13H24N2O2/c1-3-12-14-9(2)13(17)15(12)11-6-4-5-10(7-11)8-16/h9-12,14,16H,3-8H2,1-2H3. The van der Waals surface area contributed by atoms with Gasteiger partial charge in [-0.1, -0.05) is 13.3 Å². The second-order valence-corrected chi connectivity index (χ2v) is 5.43. The van der Waals surface area contributed by atoms with E-state index < -0.39 is 0 Å². The van der Waals surface area contributed by atoms with Gasteiger partial charge in [0.05, 0.1) is 12.2 Å². The van der Waals surface area contributed by atoms with E-state index in [1.165, 1.54) is 0 Å². The van der Waals surface area contributed by atoms with E-state index in [1.54, 1.807) is 0 Å². The number of hydrogen-bond donors (Lipinski definition) is 2. The summed E-state index contributed by atoms with van der Waals surface area (Å²) >= 11 is 0. The molecule has 1 amide bonds. The molecule has 4 nitrogen and oxygen atoms in total. The number of carbonyl (C=O) groups is 1. The monoisotopic (exact) mass is 240 g/mol. The summed E-state index contributed by atoms with van der Waals surface area (Å²) in [4.78, 5) is 14.2. The fraction of sp³-hybridized carbons (Fsp3) is 0.923. The molecule has 98 valence electrons. The maximum absolute atomic E-state index is 12.2. The average Bonchev–Trinajstić information content (AvgIpc) is 2.65. The van der Waals surface area contributed by atoms with E-state index in [9.17, 15) is 9.90 Å². The Hall–Kier alpha value is -0.610. The highest BCUT2D eigenvalue weighted by atomic mass is 16.3. The molecule has 1 saturated heterocycles. The van der Waals surface area contributed by atoms with Crippen molar-refractivity contribution in [3.8, 4) is 0 Å². The van der Waals surface area contributed by atoms with Crippen LogP contribution in [0, 0.1) is 5.92 Å². The highest BCUT2D eigenvalue weighted by Gasteiger charge is 2.40. The first-order valence-electron chi connectivity index (χ1n) is 6.86. The highest BCUT2D eigenvalue weighted by molar-refractivity contribution is 5.84. The van der Waals surface area contributed by atoms with Crippen LogP contribution in [-0.4, -0.2) is 40.8 Å². The van der Waals surface area contributed by atoms with Crippen LogP contribution in [0.15, 0.2) is 0 Å². The zero-order chi connectivity index (χ0) is 12.4. The van der Waals surface area contributed by atoms with Gasteiger partial charge in [-0.2, -0.15) is 0 Å². The van der Waals surface area contributed by atoms with Gasteiger partial charge < -0.3 is 10.0 Å². The van der Waals surface area contributed by atoms with Crippen molar-refractivity contribution in [2.24, 2.45) is 5.92 Å². The second kappa shape index (κ2) is 5.36. The predicted molar refractivity (Wildman–Crippen MR) is 66.4 cm³/mol. The largest absolute Gasteiger partial charge is 0.396 e. The zero-order valence-electron chi connectivity index (χ0n) is 10.9. The van der Waals surface area contributed by atoms with Crippen molar-refractivity contribution in [3.05, 3.63) is 0 Å². The minimum atomic E-state index is -0.0468. The lowest BCUT2D eigenvalue weighted by atomic mass is 9.85. The van der Waals surface area contributed by atoms with E-state index in [0.29, 0.717) is 12.0 Å². The van der Waals surface area contributed by atoms with Gasteiger partial charge in [0.25, 0.3) is 0 Å². The molecule has 1 aliphatic heterocycles. The number of amides is 1. The summed E-state index contributed by atoms with van der Waals surface area (Å²) in [5, 5.41) is 12.6. The predicted octanol–water partition coefficient (Wildman–Crippen LogP) is 1.09. The first kappa shape index (κ1) is 12.8. The summed E-state index contributed by atoms with van der Waals surface area (Å²) < 4.78 is 0. The van der Waals surface area contributed by atoms with Gasteiger partial charge in [-0.05, 0) is 38.5 Å². The first-order valence-corrected chi connectivity index (χ1v) is 6.86. The minimum Gasteiger partial charge on any atom is -0.396 e. The van der Waals surface area contributed by atoms with Gasteiger partial charge in [0.1, 0.15) is 0 Å². The molecular weight excluding hydrogens is 216 g/mol. The summed E-state index contributed by atoms with van der Waals surface area (Å²) in [6.45, 7) is 4.32. The van der Waals surface area contributed by atoms with Gasteiger partial charge in [0, 0.05) is 12.6 Å². The van der Waals surface area contributed by atoms with Gasteiger partial charge in [-0.15, -0.1) is 0 Å². The first-order chi connectivity index (χ1) is 8.17. The van der Waals surface area contributed by atoms with Crippen molar-refractivity contribution in [1.82, 2.24) is 10.2 Å². The van der Waals surface area contributed by atoms with E-state index in [4.69, 9.17) is 0 Å². The Morgan fingerprint density at radius 2 is 2.24 bits per heavy atom. The third kappa shape index (κ3) is 2.47. The molecule has 0 aromatic rings. The normalized spacial score (nSPS) is 38.8. The van der Waals surface area contributed by atoms with E-state index in [2.05, 4.69) is 12.2 Å². The Labute approximate surface area is 103 Å². The second-order valence-electron chi connectivity index (χ2n) is 5.43. The Morgan fingerprint density at radius 3 is 2.88 bits per heavy atom. The molecule has 0 radical (unpaired) electrons. The van der Waals surface area contributed by atoms with Crippen molar-refractivity contribution in [3.63, 3.8) is 0 Å². The quantitative estimate of drug-likeness (QED) is 0.776. The Kier molecular flexibility index (Phi) is 4.05. The third-order valence-corrected chi connectivity index (χ3v) is 4.20. The van der Waals surface area contributed by atoms with Crippen LogP contribution in [-0.2, 0) is 4.79 Å². The van der Waals surface area contributed by atoms with Crippen molar-refractivity contribution >= 4 is 5.91 Å². The maximum Gasteiger partial charge on any atom is 0.240 e. The number of nitrogens with zero attached hydrogens (tertiary/aromatic N) is 1. The molecule has 2 fully saturated rings. The van der Waals surface area contributed by atoms with Gasteiger partial charge in [-0.3, -0.25) is 10.1 Å².